The summed E-state index contributed by atoms with van der Waals surface area (Å²) in [7, 11) is 0. The number of carbonyl (C=O) groups is 1. The maximum atomic E-state index is 12.2. The predicted octanol–water partition coefficient (Wildman–Crippen LogP) is 3.98. The van der Waals surface area contributed by atoms with Gasteiger partial charge in [0.05, 0.1) is 17.6 Å². The van der Waals surface area contributed by atoms with Gasteiger partial charge >= 0.3 is 5.97 Å². The molecule has 0 N–H and O–H groups in total. The van der Waals surface area contributed by atoms with Crippen molar-refractivity contribution >= 4 is 5.97 Å². The van der Waals surface area contributed by atoms with Crippen LogP contribution in [0.15, 0.2) is 11.6 Å². The monoisotopic (exact) mass is 310 g/mol. The highest BCUT2D eigenvalue weighted by Crippen LogP contribution is 2.43. The van der Waals surface area contributed by atoms with Gasteiger partial charge in [-0.25, -0.2) is 0 Å². The summed E-state index contributed by atoms with van der Waals surface area (Å²) in [6, 6.07) is 0. The third-order valence-corrected chi connectivity index (χ3v) is 4.57. The molecule has 3 atom stereocenters. The van der Waals surface area contributed by atoms with Gasteiger partial charge in [-0.1, -0.05) is 6.08 Å². The van der Waals surface area contributed by atoms with Gasteiger partial charge in [0, 0.05) is 0 Å². The molecule has 4 heteroatoms. The SMILES string of the molecule is CC1OC(C)(C2=CCC(C(=O)OC(C)(C)C)CC2)OC1(C)C. The molecule has 4 nitrogen and oxygen atoms in total. The normalized spacial score (nSPS) is 35.1. The Kier molecular flexibility index (Phi) is 4.48. The molecule has 0 aromatic rings. The summed E-state index contributed by atoms with van der Waals surface area (Å²) >= 11 is 0. The van der Waals surface area contributed by atoms with Gasteiger partial charge in [0.2, 0.25) is 0 Å². The molecule has 0 spiro atoms. The van der Waals surface area contributed by atoms with Gasteiger partial charge in [0.15, 0.2) is 5.79 Å². The van der Waals surface area contributed by atoms with E-state index < -0.39 is 11.4 Å². The quantitative estimate of drug-likeness (QED) is 0.571. The third-order valence-electron chi connectivity index (χ3n) is 4.57. The first-order valence-corrected chi connectivity index (χ1v) is 8.23. The lowest BCUT2D eigenvalue weighted by atomic mass is 9.86. The fraction of sp³-hybridized carbons (Fsp3) is 0.833. The summed E-state index contributed by atoms with van der Waals surface area (Å²) < 4.78 is 17.7. The van der Waals surface area contributed by atoms with Crippen LogP contribution in [0.1, 0.15) is 67.7 Å². The first-order chi connectivity index (χ1) is 9.93. The van der Waals surface area contributed by atoms with E-state index in [1.54, 1.807) is 0 Å². The van der Waals surface area contributed by atoms with Crippen LogP contribution in [-0.2, 0) is 19.0 Å². The minimum atomic E-state index is -0.665. The summed E-state index contributed by atoms with van der Waals surface area (Å²) in [4.78, 5) is 12.2. The van der Waals surface area contributed by atoms with E-state index in [2.05, 4.69) is 19.9 Å². The summed E-state index contributed by atoms with van der Waals surface area (Å²) in [5, 5.41) is 0. The van der Waals surface area contributed by atoms with Crippen molar-refractivity contribution in [1.82, 2.24) is 0 Å². The molecule has 0 radical (unpaired) electrons. The van der Waals surface area contributed by atoms with Crippen LogP contribution < -0.4 is 0 Å². The molecule has 3 unspecified atom stereocenters. The van der Waals surface area contributed by atoms with Gasteiger partial charge in [0.25, 0.3) is 0 Å². The van der Waals surface area contributed by atoms with Gasteiger partial charge in [-0.2, -0.15) is 0 Å². The summed E-state index contributed by atoms with van der Waals surface area (Å²) in [6.45, 7) is 13.8. The van der Waals surface area contributed by atoms with E-state index in [9.17, 15) is 4.79 Å². The Morgan fingerprint density at radius 1 is 1.32 bits per heavy atom. The zero-order valence-electron chi connectivity index (χ0n) is 15.0. The molecular formula is C18H30O4. The lowest BCUT2D eigenvalue weighted by molar-refractivity contribution is -0.162. The van der Waals surface area contributed by atoms with Crippen LogP contribution >= 0.6 is 0 Å². The number of ether oxygens (including phenoxy) is 3. The zero-order chi connectivity index (χ0) is 16.8. The van der Waals surface area contributed by atoms with E-state index in [1.165, 1.54) is 0 Å². The highest BCUT2D eigenvalue weighted by Gasteiger charge is 2.49. The van der Waals surface area contributed by atoms with Crippen LogP contribution in [0.4, 0.5) is 0 Å². The van der Waals surface area contributed by atoms with Crippen LogP contribution in [0.3, 0.4) is 0 Å². The summed E-state index contributed by atoms with van der Waals surface area (Å²) in [6.07, 6.45) is 4.44. The van der Waals surface area contributed by atoms with Crippen LogP contribution in [0, 0.1) is 5.92 Å². The second-order valence-corrected chi connectivity index (χ2v) is 8.15. The molecule has 0 bridgehead atoms. The van der Waals surface area contributed by atoms with E-state index in [0.717, 1.165) is 18.4 Å². The van der Waals surface area contributed by atoms with Crippen molar-refractivity contribution in [1.29, 1.82) is 0 Å². The number of rotatable bonds is 2. The third kappa shape index (κ3) is 3.72. The van der Waals surface area contributed by atoms with Crippen molar-refractivity contribution in [2.75, 3.05) is 0 Å². The summed E-state index contributed by atoms with van der Waals surface area (Å²) in [5.74, 6) is -0.824. The van der Waals surface area contributed by atoms with E-state index in [1.807, 2.05) is 34.6 Å². The molecule has 126 valence electrons. The van der Waals surface area contributed by atoms with Crippen molar-refractivity contribution in [3.8, 4) is 0 Å². The lowest BCUT2D eigenvalue weighted by Crippen LogP contribution is -2.35. The van der Waals surface area contributed by atoms with E-state index >= 15 is 0 Å². The summed E-state index contributed by atoms with van der Waals surface area (Å²) in [5.41, 5.74) is 0.423. The molecule has 1 aliphatic carbocycles. The van der Waals surface area contributed by atoms with Crippen molar-refractivity contribution < 1.29 is 19.0 Å². The second kappa shape index (κ2) is 5.64. The average Bonchev–Trinajstić information content (AvgIpc) is 2.57. The molecule has 1 saturated heterocycles. The van der Waals surface area contributed by atoms with Gasteiger partial charge in [-0.05, 0) is 73.3 Å². The molecule has 1 heterocycles. The molecule has 0 amide bonds. The molecule has 22 heavy (non-hydrogen) atoms. The van der Waals surface area contributed by atoms with Crippen molar-refractivity contribution in [3.63, 3.8) is 0 Å². The lowest BCUT2D eigenvalue weighted by Gasteiger charge is -2.32. The topological polar surface area (TPSA) is 44.8 Å². The average molecular weight is 310 g/mol. The molecule has 0 saturated carbocycles. The fourth-order valence-electron chi connectivity index (χ4n) is 3.08. The Hall–Kier alpha value is -0.870. The Morgan fingerprint density at radius 2 is 1.95 bits per heavy atom. The number of allylic oxidation sites excluding steroid dienone is 1. The van der Waals surface area contributed by atoms with Gasteiger partial charge in [-0.15, -0.1) is 0 Å². The van der Waals surface area contributed by atoms with Gasteiger partial charge < -0.3 is 14.2 Å². The standard InChI is InChI=1S/C18H30O4/c1-12-17(5,6)22-18(7,20-12)14-10-8-13(9-11-14)15(19)21-16(2,3)4/h10,12-13H,8-9,11H2,1-7H3. The fourth-order valence-corrected chi connectivity index (χ4v) is 3.08. The van der Waals surface area contributed by atoms with Crippen LogP contribution in [0.5, 0.6) is 0 Å². The smallest absolute Gasteiger partial charge is 0.309 e. The number of hydrogen-bond donors (Lipinski definition) is 0. The maximum Gasteiger partial charge on any atom is 0.309 e. The Balaban J connectivity index is 2.02. The highest BCUT2D eigenvalue weighted by atomic mass is 16.8. The second-order valence-electron chi connectivity index (χ2n) is 8.15. The molecule has 1 aliphatic heterocycles. The molecular weight excluding hydrogens is 280 g/mol. The largest absolute Gasteiger partial charge is 0.460 e. The highest BCUT2D eigenvalue weighted by molar-refractivity contribution is 5.73. The minimum absolute atomic E-state index is 0.0435. The van der Waals surface area contributed by atoms with Crippen molar-refractivity contribution in [3.05, 3.63) is 11.6 Å². The minimum Gasteiger partial charge on any atom is -0.460 e. The molecule has 0 aromatic carbocycles. The van der Waals surface area contributed by atoms with Crippen LogP contribution in [-0.4, -0.2) is 29.1 Å². The van der Waals surface area contributed by atoms with Crippen LogP contribution in [0.25, 0.3) is 0 Å². The zero-order valence-corrected chi connectivity index (χ0v) is 15.0. The Morgan fingerprint density at radius 3 is 2.36 bits per heavy atom. The molecule has 2 rings (SSSR count). The maximum absolute atomic E-state index is 12.2. The van der Waals surface area contributed by atoms with E-state index in [-0.39, 0.29) is 23.6 Å². The van der Waals surface area contributed by atoms with Crippen molar-refractivity contribution in [2.24, 2.45) is 5.92 Å². The number of carbonyl (C=O) groups excluding carboxylic acids is 1. The molecule has 0 aromatic heterocycles. The Bertz CT molecular complexity index is 472. The van der Waals surface area contributed by atoms with Crippen LogP contribution in [0.2, 0.25) is 0 Å². The number of esters is 1. The first kappa shape index (κ1) is 17.5. The first-order valence-electron chi connectivity index (χ1n) is 8.23. The number of hydrogen-bond acceptors (Lipinski definition) is 4. The molecule has 1 fully saturated rings. The van der Waals surface area contributed by atoms with Gasteiger partial charge in [-0.3, -0.25) is 4.79 Å². The predicted molar refractivity (Wildman–Crippen MR) is 85.4 cm³/mol. The van der Waals surface area contributed by atoms with Crippen molar-refractivity contribution in [2.45, 2.75) is 90.8 Å². The van der Waals surface area contributed by atoms with E-state index in [0.29, 0.717) is 6.42 Å². The van der Waals surface area contributed by atoms with E-state index in [4.69, 9.17) is 14.2 Å². The Labute approximate surface area is 134 Å². The van der Waals surface area contributed by atoms with Gasteiger partial charge in [0.1, 0.15) is 5.60 Å². The molecule has 2 aliphatic rings.